The van der Waals surface area contributed by atoms with Crippen molar-refractivity contribution in [2.24, 2.45) is 0 Å². The van der Waals surface area contributed by atoms with Gasteiger partial charge in [-0.2, -0.15) is 0 Å². The molecule has 68 valence electrons. The van der Waals surface area contributed by atoms with Crippen LogP contribution in [0.1, 0.15) is 25.0 Å². The second-order valence-corrected chi connectivity index (χ2v) is 2.43. The molecule has 0 aliphatic carbocycles. The van der Waals surface area contributed by atoms with Crippen LogP contribution in [0.15, 0.2) is 12.1 Å². The molecule has 2 nitrogen and oxygen atoms in total. The van der Waals surface area contributed by atoms with Gasteiger partial charge in [0.25, 0.3) is 0 Å². The van der Waals surface area contributed by atoms with E-state index in [2.05, 4.69) is 0 Å². The molecule has 1 aromatic rings. The standard InChI is InChI=1S/C8H10O2.C2H6/c1-5-3-7(9)4-6(2)8(5)10;1-2/h3-4,9-10H,1-2H3;1-2H3. The fraction of sp³-hybridized carbons (Fsp3) is 0.400. The van der Waals surface area contributed by atoms with Gasteiger partial charge in [0.1, 0.15) is 11.5 Å². The van der Waals surface area contributed by atoms with E-state index >= 15 is 0 Å². The van der Waals surface area contributed by atoms with E-state index in [1.807, 2.05) is 13.8 Å². The summed E-state index contributed by atoms with van der Waals surface area (Å²) in [6, 6.07) is 3.06. The molecule has 0 fully saturated rings. The lowest BCUT2D eigenvalue weighted by atomic mass is 10.1. The average molecular weight is 168 g/mol. The fourth-order valence-electron chi connectivity index (χ4n) is 0.933. The third kappa shape index (κ3) is 2.46. The van der Waals surface area contributed by atoms with E-state index in [-0.39, 0.29) is 11.5 Å². The largest absolute Gasteiger partial charge is 0.508 e. The van der Waals surface area contributed by atoms with E-state index in [9.17, 15) is 5.11 Å². The minimum absolute atomic E-state index is 0.202. The minimum Gasteiger partial charge on any atom is -0.508 e. The van der Waals surface area contributed by atoms with Crippen molar-refractivity contribution in [3.8, 4) is 11.5 Å². The Balaban J connectivity index is 0.000000561. The van der Waals surface area contributed by atoms with Gasteiger partial charge in [0, 0.05) is 0 Å². The summed E-state index contributed by atoms with van der Waals surface area (Å²) in [4.78, 5) is 0. The second-order valence-electron chi connectivity index (χ2n) is 2.43. The Morgan fingerprint density at radius 3 is 1.58 bits per heavy atom. The lowest BCUT2D eigenvalue weighted by molar-refractivity contribution is 0.453. The molecule has 0 aliphatic rings. The summed E-state index contributed by atoms with van der Waals surface area (Å²) in [5.74, 6) is 0.464. The van der Waals surface area contributed by atoms with Crippen LogP contribution in [-0.4, -0.2) is 10.2 Å². The lowest BCUT2D eigenvalue weighted by Crippen LogP contribution is -1.78. The van der Waals surface area contributed by atoms with Crippen molar-refractivity contribution in [3.63, 3.8) is 0 Å². The molecule has 0 saturated carbocycles. The van der Waals surface area contributed by atoms with Crippen LogP contribution in [0.3, 0.4) is 0 Å². The Morgan fingerprint density at radius 1 is 0.917 bits per heavy atom. The van der Waals surface area contributed by atoms with Crippen LogP contribution >= 0.6 is 0 Å². The highest BCUT2D eigenvalue weighted by molar-refractivity contribution is 5.44. The van der Waals surface area contributed by atoms with Crippen LogP contribution in [0.4, 0.5) is 0 Å². The van der Waals surface area contributed by atoms with Crippen LogP contribution in [0.2, 0.25) is 0 Å². The van der Waals surface area contributed by atoms with Crippen molar-refractivity contribution in [1.82, 2.24) is 0 Å². The molecule has 0 spiro atoms. The van der Waals surface area contributed by atoms with Crippen molar-refractivity contribution in [2.75, 3.05) is 0 Å². The number of aromatic hydroxyl groups is 2. The summed E-state index contributed by atoms with van der Waals surface area (Å²) in [5, 5.41) is 18.2. The SMILES string of the molecule is CC.Cc1cc(O)cc(C)c1O. The molecule has 2 heteroatoms. The van der Waals surface area contributed by atoms with Crippen molar-refractivity contribution < 1.29 is 10.2 Å². The molecule has 0 aliphatic heterocycles. The first-order valence-electron chi connectivity index (χ1n) is 4.10. The number of rotatable bonds is 0. The van der Waals surface area contributed by atoms with Gasteiger partial charge in [-0.3, -0.25) is 0 Å². The van der Waals surface area contributed by atoms with Crippen molar-refractivity contribution in [2.45, 2.75) is 27.7 Å². The molecule has 12 heavy (non-hydrogen) atoms. The van der Waals surface area contributed by atoms with Gasteiger partial charge in [0.05, 0.1) is 0 Å². The van der Waals surface area contributed by atoms with Gasteiger partial charge in [-0.25, -0.2) is 0 Å². The van der Waals surface area contributed by atoms with Crippen LogP contribution in [0.5, 0.6) is 11.5 Å². The summed E-state index contributed by atoms with van der Waals surface area (Å²) in [6.45, 7) is 7.50. The minimum atomic E-state index is 0.202. The first kappa shape index (κ1) is 10.8. The zero-order valence-electron chi connectivity index (χ0n) is 8.05. The number of phenols is 2. The Kier molecular flexibility index (Phi) is 4.19. The van der Waals surface area contributed by atoms with E-state index in [4.69, 9.17) is 5.11 Å². The van der Waals surface area contributed by atoms with Gasteiger partial charge in [-0.05, 0) is 37.1 Å². The topological polar surface area (TPSA) is 40.5 Å². The predicted octanol–water partition coefficient (Wildman–Crippen LogP) is 2.74. The first-order valence-corrected chi connectivity index (χ1v) is 4.10. The molecule has 0 atom stereocenters. The maximum Gasteiger partial charge on any atom is 0.121 e. The predicted molar refractivity (Wildman–Crippen MR) is 50.6 cm³/mol. The molecular formula is C10H16O2. The van der Waals surface area contributed by atoms with E-state index in [1.54, 1.807) is 13.8 Å². The smallest absolute Gasteiger partial charge is 0.121 e. The van der Waals surface area contributed by atoms with Gasteiger partial charge in [0.2, 0.25) is 0 Å². The van der Waals surface area contributed by atoms with E-state index in [0.29, 0.717) is 11.1 Å². The summed E-state index contributed by atoms with van der Waals surface area (Å²) in [7, 11) is 0. The highest BCUT2D eigenvalue weighted by Gasteiger charge is 2.00. The first-order chi connectivity index (χ1) is 5.61. The summed E-state index contributed by atoms with van der Waals surface area (Å²) in [5.41, 5.74) is 1.41. The molecule has 0 unspecified atom stereocenters. The molecular weight excluding hydrogens is 152 g/mol. The molecule has 1 rings (SSSR count). The molecule has 0 aromatic heterocycles. The Bertz CT molecular complexity index is 231. The van der Waals surface area contributed by atoms with Crippen LogP contribution in [0.25, 0.3) is 0 Å². The Labute approximate surface area is 73.5 Å². The van der Waals surface area contributed by atoms with Crippen molar-refractivity contribution >= 4 is 0 Å². The van der Waals surface area contributed by atoms with Crippen LogP contribution in [-0.2, 0) is 0 Å². The monoisotopic (exact) mass is 168 g/mol. The van der Waals surface area contributed by atoms with Gasteiger partial charge in [-0.1, -0.05) is 13.8 Å². The summed E-state index contributed by atoms with van der Waals surface area (Å²) < 4.78 is 0. The van der Waals surface area contributed by atoms with E-state index < -0.39 is 0 Å². The quantitative estimate of drug-likeness (QED) is 0.585. The molecule has 2 N–H and O–H groups in total. The van der Waals surface area contributed by atoms with Gasteiger partial charge >= 0.3 is 0 Å². The third-order valence-electron chi connectivity index (χ3n) is 1.48. The highest BCUT2D eigenvalue weighted by atomic mass is 16.3. The number of phenolic OH excluding ortho intramolecular Hbond substituents is 2. The number of benzene rings is 1. The third-order valence-corrected chi connectivity index (χ3v) is 1.48. The lowest BCUT2D eigenvalue weighted by Gasteiger charge is -2.02. The molecule has 1 aromatic carbocycles. The summed E-state index contributed by atoms with van der Waals surface area (Å²) >= 11 is 0. The van der Waals surface area contributed by atoms with E-state index in [0.717, 1.165) is 0 Å². The zero-order chi connectivity index (χ0) is 9.72. The average Bonchev–Trinajstić information content (AvgIpc) is 2.04. The molecule has 0 amide bonds. The normalized spacial score (nSPS) is 8.67. The maximum atomic E-state index is 9.22. The number of hydrogen-bond donors (Lipinski definition) is 2. The van der Waals surface area contributed by atoms with Gasteiger partial charge in [-0.15, -0.1) is 0 Å². The van der Waals surface area contributed by atoms with Gasteiger partial charge < -0.3 is 10.2 Å². The Morgan fingerprint density at radius 2 is 1.25 bits per heavy atom. The number of hydrogen-bond acceptors (Lipinski definition) is 2. The van der Waals surface area contributed by atoms with Crippen LogP contribution in [0, 0.1) is 13.8 Å². The molecule has 0 saturated heterocycles. The summed E-state index contributed by atoms with van der Waals surface area (Å²) in [6.07, 6.45) is 0. The highest BCUT2D eigenvalue weighted by Crippen LogP contribution is 2.25. The fourth-order valence-corrected chi connectivity index (χ4v) is 0.933. The van der Waals surface area contributed by atoms with Crippen molar-refractivity contribution in [1.29, 1.82) is 0 Å². The molecule has 0 bridgehead atoms. The molecule has 0 radical (unpaired) electrons. The zero-order valence-corrected chi connectivity index (χ0v) is 8.05. The second kappa shape index (κ2) is 4.65. The molecule has 0 heterocycles. The maximum absolute atomic E-state index is 9.22. The van der Waals surface area contributed by atoms with Crippen molar-refractivity contribution in [3.05, 3.63) is 23.3 Å². The number of aryl methyl sites for hydroxylation is 2. The Hall–Kier alpha value is -1.18. The van der Waals surface area contributed by atoms with E-state index in [1.165, 1.54) is 12.1 Å². The van der Waals surface area contributed by atoms with Crippen LogP contribution < -0.4 is 0 Å². The van der Waals surface area contributed by atoms with Gasteiger partial charge in [0.15, 0.2) is 0 Å².